The summed E-state index contributed by atoms with van der Waals surface area (Å²) in [6.07, 6.45) is 1.17. The Labute approximate surface area is 122 Å². The molecular weight excluding hydrogens is 304 g/mol. The van der Waals surface area contributed by atoms with E-state index in [0.717, 1.165) is 0 Å². The fraction of sp³-hybridized carbons (Fsp3) is 1.00. The highest BCUT2D eigenvalue weighted by Gasteiger charge is 2.29. The van der Waals surface area contributed by atoms with Gasteiger partial charge < -0.3 is 0 Å². The number of hydrogen-bond donors (Lipinski definition) is 2. The highest BCUT2D eigenvalue weighted by atomic mass is 32.2. The van der Waals surface area contributed by atoms with Gasteiger partial charge in [0.15, 0.2) is 0 Å². The van der Waals surface area contributed by atoms with Gasteiger partial charge in [0, 0.05) is 0 Å². The van der Waals surface area contributed by atoms with E-state index in [1.807, 2.05) is 13.8 Å². The fourth-order valence-electron chi connectivity index (χ4n) is 2.29. The lowest BCUT2D eigenvalue weighted by molar-refractivity contribution is 0.317. The van der Waals surface area contributed by atoms with Crippen molar-refractivity contribution in [2.24, 2.45) is 11.8 Å². The minimum absolute atomic E-state index is 0.0716. The van der Waals surface area contributed by atoms with Crippen LogP contribution in [0, 0.1) is 11.8 Å². The summed E-state index contributed by atoms with van der Waals surface area (Å²) in [4.78, 5) is 0. The van der Waals surface area contributed by atoms with Crippen molar-refractivity contribution in [1.29, 1.82) is 0 Å². The Morgan fingerprint density at radius 1 is 0.750 bits per heavy atom. The summed E-state index contributed by atoms with van der Waals surface area (Å²) in [6.45, 7) is 7.02. The predicted molar refractivity (Wildman–Crippen MR) is 78.8 cm³/mol. The summed E-state index contributed by atoms with van der Waals surface area (Å²) in [5.74, 6) is -0.143. The molecule has 4 unspecified atom stereocenters. The molecule has 0 aromatic heterocycles. The molecule has 20 heavy (non-hydrogen) atoms. The molecule has 0 rings (SSSR count). The van der Waals surface area contributed by atoms with Gasteiger partial charge >= 0.3 is 0 Å². The summed E-state index contributed by atoms with van der Waals surface area (Å²) in [5.41, 5.74) is 0. The predicted octanol–water partition coefficient (Wildman–Crippen LogP) is 2.37. The highest BCUT2D eigenvalue weighted by molar-refractivity contribution is 7.86. The lowest BCUT2D eigenvalue weighted by Gasteiger charge is -2.25. The molecule has 0 aliphatic carbocycles. The molecule has 8 heteroatoms. The summed E-state index contributed by atoms with van der Waals surface area (Å²) in [5, 5.41) is -1.66. The van der Waals surface area contributed by atoms with Crippen molar-refractivity contribution < 1.29 is 25.9 Å². The van der Waals surface area contributed by atoms with Crippen molar-refractivity contribution in [3.63, 3.8) is 0 Å². The zero-order chi connectivity index (χ0) is 16.1. The summed E-state index contributed by atoms with van der Waals surface area (Å²) in [7, 11) is -8.15. The minimum atomic E-state index is -4.07. The monoisotopic (exact) mass is 330 g/mol. The van der Waals surface area contributed by atoms with E-state index in [1.54, 1.807) is 13.8 Å². The lowest BCUT2D eigenvalue weighted by Crippen LogP contribution is -2.28. The van der Waals surface area contributed by atoms with E-state index in [-0.39, 0.29) is 24.7 Å². The third kappa shape index (κ3) is 6.51. The van der Waals surface area contributed by atoms with Crippen molar-refractivity contribution in [3.8, 4) is 0 Å². The van der Waals surface area contributed by atoms with Gasteiger partial charge in [0.05, 0.1) is 10.5 Å². The Kier molecular flexibility index (Phi) is 7.65. The van der Waals surface area contributed by atoms with Gasteiger partial charge in [-0.25, -0.2) is 0 Å². The third-order valence-corrected chi connectivity index (χ3v) is 6.73. The first-order valence-electron chi connectivity index (χ1n) is 6.85. The third-order valence-electron chi connectivity index (χ3n) is 3.99. The summed E-state index contributed by atoms with van der Waals surface area (Å²) in [6, 6.07) is 0. The molecule has 4 atom stereocenters. The number of hydrogen-bond acceptors (Lipinski definition) is 4. The van der Waals surface area contributed by atoms with Crippen LogP contribution >= 0.6 is 0 Å². The van der Waals surface area contributed by atoms with Gasteiger partial charge in [-0.3, -0.25) is 9.11 Å². The fourth-order valence-corrected chi connectivity index (χ4v) is 4.23. The van der Waals surface area contributed by atoms with Gasteiger partial charge in [-0.1, -0.05) is 27.7 Å². The Morgan fingerprint density at radius 2 is 1.00 bits per heavy atom. The molecule has 0 fully saturated rings. The van der Waals surface area contributed by atoms with E-state index in [9.17, 15) is 16.8 Å². The molecule has 0 heterocycles. The van der Waals surface area contributed by atoms with Gasteiger partial charge in [0.2, 0.25) is 0 Å². The van der Waals surface area contributed by atoms with Gasteiger partial charge in [-0.05, 0) is 37.5 Å². The van der Waals surface area contributed by atoms with Crippen LogP contribution in [0.1, 0.15) is 53.4 Å². The van der Waals surface area contributed by atoms with E-state index in [2.05, 4.69) is 0 Å². The standard InChI is InChI=1S/C12H26O6S2/c1-5-11(19(13,14)15)7-9(3)10(4)8-12(6-2)20(16,17)18/h9-12H,5-8H2,1-4H3,(H,13,14,15)(H,16,17,18). The molecule has 0 amide bonds. The van der Waals surface area contributed by atoms with E-state index < -0.39 is 30.7 Å². The van der Waals surface area contributed by atoms with Crippen LogP contribution in [0.4, 0.5) is 0 Å². The van der Waals surface area contributed by atoms with Crippen molar-refractivity contribution in [2.75, 3.05) is 0 Å². The Hall–Kier alpha value is -0.180. The largest absolute Gasteiger partial charge is 0.285 e. The molecule has 0 aliphatic heterocycles. The molecule has 0 aromatic carbocycles. The summed E-state index contributed by atoms with van der Waals surface area (Å²) < 4.78 is 62.9. The lowest BCUT2D eigenvalue weighted by atomic mass is 9.87. The quantitative estimate of drug-likeness (QED) is 0.628. The van der Waals surface area contributed by atoms with E-state index in [0.29, 0.717) is 12.8 Å². The average molecular weight is 330 g/mol. The van der Waals surface area contributed by atoms with Crippen LogP contribution in [0.3, 0.4) is 0 Å². The van der Waals surface area contributed by atoms with Gasteiger partial charge in [-0.2, -0.15) is 16.8 Å². The van der Waals surface area contributed by atoms with Crippen LogP contribution in [0.15, 0.2) is 0 Å². The highest BCUT2D eigenvalue weighted by Crippen LogP contribution is 2.27. The first-order chi connectivity index (χ1) is 8.93. The number of rotatable bonds is 9. The van der Waals surface area contributed by atoms with Crippen molar-refractivity contribution in [2.45, 2.75) is 63.9 Å². The van der Waals surface area contributed by atoms with Crippen LogP contribution in [-0.2, 0) is 20.2 Å². The summed E-state index contributed by atoms with van der Waals surface area (Å²) >= 11 is 0. The van der Waals surface area contributed by atoms with Crippen LogP contribution in [0.25, 0.3) is 0 Å². The van der Waals surface area contributed by atoms with Crippen molar-refractivity contribution in [1.82, 2.24) is 0 Å². The molecular formula is C12H26O6S2. The van der Waals surface area contributed by atoms with E-state index >= 15 is 0 Å². The second-order valence-corrected chi connectivity index (χ2v) is 8.91. The van der Waals surface area contributed by atoms with Crippen LogP contribution in [0.2, 0.25) is 0 Å². The zero-order valence-corrected chi connectivity index (χ0v) is 14.1. The van der Waals surface area contributed by atoms with Crippen LogP contribution < -0.4 is 0 Å². The molecule has 0 aliphatic rings. The van der Waals surface area contributed by atoms with Gasteiger partial charge in [0.25, 0.3) is 20.2 Å². The average Bonchev–Trinajstić information content (AvgIpc) is 2.28. The van der Waals surface area contributed by atoms with Crippen LogP contribution in [-0.4, -0.2) is 36.4 Å². The molecule has 6 nitrogen and oxygen atoms in total. The molecule has 0 saturated heterocycles. The first-order valence-corrected chi connectivity index (χ1v) is 9.86. The van der Waals surface area contributed by atoms with Crippen LogP contribution in [0.5, 0.6) is 0 Å². The normalized spacial score (nSPS) is 19.3. The van der Waals surface area contributed by atoms with Crippen molar-refractivity contribution in [3.05, 3.63) is 0 Å². The maximum Gasteiger partial charge on any atom is 0.267 e. The Balaban J connectivity index is 4.75. The topological polar surface area (TPSA) is 109 Å². The van der Waals surface area contributed by atoms with E-state index in [1.165, 1.54) is 0 Å². The molecule has 0 radical (unpaired) electrons. The maximum atomic E-state index is 11.2. The minimum Gasteiger partial charge on any atom is -0.285 e. The molecule has 0 bridgehead atoms. The SMILES string of the molecule is CCC(CC(C)C(C)CC(CC)S(=O)(=O)O)S(=O)(=O)O. The first kappa shape index (κ1) is 19.8. The van der Waals surface area contributed by atoms with Crippen molar-refractivity contribution >= 4 is 20.2 Å². The Morgan fingerprint density at radius 3 is 1.15 bits per heavy atom. The molecule has 2 N–H and O–H groups in total. The second-order valence-electron chi connectivity index (χ2n) is 5.52. The smallest absolute Gasteiger partial charge is 0.267 e. The molecule has 122 valence electrons. The van der Waals surface area contributed by atoms with E-state index in [4.69, 9.17) is 9.11 Å². The van der Waals surface area contributed by atoms with Gasteiger partial charge in [-0.15, -0.1) is 0 Å². The Bertz CT molecular complexity index is 436. The maximum absolute atomic E-state index is 11.2. The van der Waals surface area contributed by atoms with Gasteiger partial charge in [0.1, 0.15) is 0 Å². The molecule has 0 spiro atoms. The molecule has 0 saturated carbocycles. The molecule has 0 aromatic rings. The zero-order valence-electron chi connectivity index (χ0n) is 12.5. The second kappa shape index (κ2) is 7.72.